The van der Waals surface area contributed by atoms with Crippen LogP contribution in [0.1, 0.15) is 26.7 Å². The topological polar surface area (TPSA) is 72.2 Å². The van der Waals surface area contributed by atoms with Crippen LogP contribution in [-0.4, -0.2) is 20.5 Å². The van der Waals surface area contributed by atoms with Gasteiger partial charge in [-0.2, -0.15) is 0 Å². The van der Waals surface area contributed by atoms with E-state index in [4.69, 9.17) is 5.73 Å². The van der Waals surface area contributed by atoms with Crippen LogP contribution in [-0.2, 0) is 10.0 Å². The van der Waals surface area contributed by atoms with Crippen LogP contribution in [0, 0.1) is 0 Å². The molecule has 4 nitrogen and oxygen atoms in total. The molecule has 1 aromatic rings. The maximum Gasteiger partial charge on any atom is 0.240 e. The predicted molar refractivity (Wildman–Crippen MR) is 84.1 cm³/mol. The summed E-state index contributed by atoms with van der Waals surface area (Å²) in [5.74, 6) is 0. The summed E-state index contributed by atoms with van der Waals surface area (Å²) in [6.07, 6.45) is 1.46. The van der Waals surface area contributed by atoms with Gasteiger partial charge >= 0.3 is 0 Å². The Morgan fingerprint density at radius 3 is 2.11 bits per heavy atom. The van der Waals surface area contributed by atoms with E-state index in [1.165, 1.54) is 0 Å². The zero-order chi connectivity index (χ0) is 13.8. The fourth-order valence-corrected chi connectivity index (χ4v) is 2.84. The van der Waals surface area contributed by atoms with E-state index in [2.05, 4.69) is 20.7 Å². The van der Waals surface area contributed by atoms with Crippen LogP contribution >= 0.6 is 28.3 Å². The van der Waals surface area contributed by atoms with Crippen molar-refractivity contribution in [2.45, 2.75) is 37.1 Å². The smallest absolute Gasteiger partial charge is 0.240 e. The van der Waals surface area contributed by atoms with Gasteiger partial charge in [-0.05, 0) is 37.1 Å². The molecule has 0 atom stereocenters. The van der Waals surface area contributed by atoms with Crippen molar-refractivity contribution in [3.8, 4) is 0 Å². The zero-order valence-corrected chi connectivity index (χ0v) is 14.2. The summed E-state index contributed by atoms with van der Waals surface area (Å²) in [7, 11) is -3.48. The molecule has 0 fully saturated rings. The summed E-state index contributed by atoms with van der Waals surface area (Å²) in [4.78, 5) is 0.250. The Balaban J connectivity index is 0.00000324. The van der Waals surface area contributed by atoms with Crippen molar-refractivity contribution >= 4 is 38.4 Å². The number of halogens is 2. The first-order chi connectivity index (χ1) is 8.33. The van der Waals surface area contributed by atoms with E-state index in [-0.39, 0.29) is 23.8 Å². The normalized spacial score (nSPS) is 12.0. The number of hydrogen-bond donors (Lipinski definition) is 2. The average molecular weight is 372 g/mol. The molecule has 1 rings (SSSR count). The lowest BCUT2D eigenvalue weighted by atomic mass is 9.95. The number of rotatable bonds is 6. The molecule has 0 saturated carbocycles. The number of nitrogens with one attached hydrogen (secondary N) is 1. The molecule has 0 amide bonds. The highest BCUT2D eigenvalue weighted by molar-refractivity contribution is 9.10. The van der Waals surface area contributed by atoms with Crippen molar-refractivity contribution in [2.24, 2.45) is 5.73 Å². The monoisotopic (exact) mass is 370 g/mol. The van der Waals surface area contributed by atoms with Gasteiger partial charge in [0.05, 0.1) is 4.90 Å². The molecule has 110 valence electrons. The Labute approximate surface area is 129 Å². The maximum atomic E-state index is 12.0. The molecule has 0 aliphatic heterocycles. The highest BCUT2D eigenvalue weighted by atomic mass is 79.9. The van der Waals surface area contributed by atoms with E-state index >= 15 is 0 Å². The van der Waals surface area contributed by atoms with Crippen LogP contribution < -0.4 is 10.5 Å². The number of benzene rings is 1. The zero-order valence-electron chi connectivity index (χ0n) is 11.0. The molecule has 3 N–H and O–H groups in total. The molecule has 0 saturated heterocycles. The molecule has 0 aliphatic rings. The lowest BCUT2D eigenvalue weighted by Gasteiger charge is -2.26. The molecule has 19 heavy (non-hydrogen) atoms. The predicted octanol–water partition coefficient (Wildman–Crippen LogP) is 2.67. The van der Waals surface area contributed by atoms with Crippen molar-refractivity contribution in [3.05, 3.63) is 28.7 Å². The van der Waals surface area contributed by atoms with Crippen molar-refractivity contribution in [2.75, 3.05) is 6.54 Å². The lowest BCUT2D eigenvalue weighted by molar-refractivity contribution is 0.392. The number of nitrogens with two attached hydrogens (primary N) is 1. The molecule has 1 aromatic carbocycles. The second kappa shape index (κ2) is 7.59. The van der Waals surface area contributed by atoms with Gasteiger partial charge in [-0.1, -0.05) is 29.8 Å². The summed E-state index contributed by atoms with van der Waals surface area (Å²) in [5.41, 5.74) is 5.59. The second-order valence-electron chi connectivity index (χ2n) is 4.35. The third-order valence-corrected chi connectivity index (χ3v) is 5.09. The van der Waals surface area contributed by atoms with E-state index in [9.17, 15) is 8.42 Å². The minimum atomic E-state index is -3.48. The van der Waals surface area contributed by atoms with Gasteiger partial charge in [0.1, 0.15) is 0 Å². The van der Waals surface area contributed by atoms with Gasteiger partial charge in [-0.3, -0.25) is 0 Å². The number of sulfonamides is 1. The molecule has 0 aromatic heterocycles. The van der Waals surface area contributed by atoms with Crippen molar-refractivity contribution in [3.63, 3.8) is 0 Å². The first kappa shape index (κ1) is 18.9. The highest BCUT2D eigenvalue weighted by Crippen LogP contribution is 2.16. The summed E-state index contributed by atoms with van der Waals surface area (Å²) in [5, 5.41) is 0. The van der Waals surface area contributed by atoms with Gasteiger partial charge in [0.2, 0.25) is 10.0 Å². The summed E-state index contributed by atoms with van der Waals surface area (Å²) >= 11 is 3.27. The molecular formula is C12H20BrClN2O2S. The molecule has 0 spiro atoms. The van der Waals surface area contributed by atoms with Crippen molar-refractivity contribution < 1.29 is 8.42 Å². The Bertz CT molecular complexity index is 487. The summed E-state index contributed by atoms with van der Waals surface area (Å²) in [6, 6.07) is 6.51. The first-order valence-electron chi connectivity index (χ1n) is 5.87. The molecule has 0 heterocycles. The Morgan fingerprint density at radius 2 is 1.68 bits per heavy atom. The van der Waals surface area contributed by atoms with Crippen LogP contribution in [0.3, 0.4) is 0 Å². The highest BCUT2D eigenvalue weighted by Gasteiger charge is 2.23. The minimum Gasteiger partial charge on any atom is -0.324 e. The Kier molecular flexibility index (Phi) is 7.54. The standard InChI is InChI=1S/C12H19BrN2O2S.ClH/c1-3-12(14,4-2)9-15-18(16,17)11-7-5-10(13)6-8-11;/h5-8,15H,3-4,9,14H2,1-2H3;1H. The molecule has 0 unspecified atom stereocenters. The third-order valence-electron chi connectivity index (χ3n) is 3.15. The van der Waals surface area contributed by atoms with Gasteiger partial charge in [0.25, 0.3) is 0 Å². The SMILES string of the molecule is CCC(N)(CC)CNS(=O)(=O)c1ccc(Br)cc1.Cl. The molecular weight excluding hydrogens is 352 g/mol. The summed E-state index contributed by atoms with van der Waals surface area (Å²) in [6.45, 7) is 4.16. The Morgan fingerprint density at radius 1 is 1.21 bits per heavy atom. The quantitative estimate of drug-likeness (QED) is 0.807. The van der Waals surface area contributed by atoms with Crippen LogP contribution in [0.15, 0.2) is 33.6 Å². The van der Waals surface area contributed by atoms with Gasteiger partial charge in [0.15, 0.2) is 0 Å². The van der Waals surface area contributed by atoms with E-state index < -0.39 is 15.6 Å². The maximum absolute atomic E-state index is 12.0. The fraction of sp³-hybridized carbons (Fsp3) is 0.500. The molecule has 0 radical (unpaired) electrons. The minimum absolute atomic E-state index is 0. The van der Waals surface area contributed by atoms with Gasteiger partial charge in [-0.25, -0.2) is 13.1 Å². The van der Waals surface area contributed by atoms with Gasteiger partial charge in [-0.15, -0.1) is 12.4 Å². The third kappa shape index (κ3) is 5.39. The second-order valence-corrected chi connectivity index (χ2v) is 7.03. The van der Waals surface area contributed by atoms with Gasteiger partial charge < -0.3 is 5.73 Å². The largest absolute Gasteiger partial charge is 0.324 e. The average Bonchev–Trinajstić information content (AvgIpc) is 2.37. The summed E-state index contributed by atoms with van der Waals surface area (Å²) < 4.78 is 27.5. The Hall–Kier alpha value is -0.140. The molecule has 0 aliphatic carbocycles. The van der Waals surface area contributed by atoms with Crippen LogP contribution in [0.25, 0.3) is 0 Å². The van der Waals surface area contributed by atoms with E-state index in [1.807, 2.05) is 13.8 Å². The van der Waals surface area contributed by atoms with Gasteiger partial charge in [0, 0.05) is 16.6 Å². The molecule has 0 bridgehead atoms. The number of hydrogen-bond acceptors (Lipinski definition) is 3. The van der Waals surface area contributed by atoms with E-state index in [1.54, 1.807) is 24.3 Å². The van der Waals surface area contributed by atoms with E-state index in [0.29, 0.717) is 0 Å². The van der Waals surface area contributed by atoms with Crippen LogP contribution in [0.2, 0.25) is 0 Å². The van der Waals surface area contributed by atoms with Crippen LogP contribution in [0.4, 0.5) is 0 Å². The first-order valence-corrected chi connectivity index (χ1v) is 8.15. The molecule has 7 heteroatoms. The fourth-order valence-electron chi connectivity index (χ4n) is 1.44. The lowest BCUT2D eigenvalue weighted by Crippen LogP contribution is -2.49. The van der Waals surface area contributed by atoms with Crippen molar-refractivity contribution in [1.29, 1.82) is 0 Å². The van der Waals surface area contributed by atoms with Crippen LogP contribution in [0.5, 0.6) is 0 Å². The van der Waals surface area contributed by atoms with E-state index in [0.717, 1.165) is 17.3 Å². The van der Waals surface area contributed by atoms with Crippen molar-refractivity contribution in [1.82, 2.24) is 4.72 Å².